The molecule has 0 saturated heterocycles. The van der Waals surface area contributed by atoms with Gasteiger partial charge in [0, 0.05) is 0 Å². The predicted molar refractivity (Wildman–Crippen MR) is 163 cm³/mol. The molecule has 4 unspecified atom stereocenters. The van der Waals surface area contributed by atoms with Crippen molar-refractivity contribution in [2.75, 3.05) is 0 Å². The molecule has 0 aliphatic heterocycles. The highest BCUT2D eigenvalue weighted by Gasteiger charge is 2.43. The largest absolute Gasteiger partial charge is 0.299 e. The lowest BCUT2D eigenvalue weighted by Crippen LogP contribution is -2.34. The number of rotatable bonds is 12. The number of hydrogen-bond acceptors (Lipinski definition) is 7. The Morgan fingerprint density at radius 1 is 0.455 bits per heavy atom. The van der Waals surface area contributed by atoms with Crippen LogP contribution in [0, 0.1) is 0 Å². The topological polar surface area (TPSA) is 160 Å². The fraction of sp³-hybridized carbons (Fsp3) is 0.182. The zero-order chi connectivity index (χ0) is 32.2. The van der Waals surface area contributed by atoms with Crippen LogP contribution in [0.2, 0.25) is 0 Å². The van der Waals surface area contributed by atoms with Crippen molar-refractivity contribution < 1.29 is 40.3 Å². The van der Waals surface area contributed by atoms with Crippen molar-refractivity contribution in [3.63, 3.8) is 0 Å². The second-order valence-corrected chi connectivity index (χ2v) is 13.3. The molecule has 0 saturated carbocycles. The van der Waals surface area contributed by atoms with Gasteiger partial charge in [0.15, 0.2) is 0 Å². The van der Waals surface area contributed by atoms with Gasteiger partial charge in [0.2, 0.25) is 0 Å². The lowest BCUT2D eigenvalue weighted by Gasteiger charge is -2.32. The molecule has 4 aromatic carbocycles. The molecule has 228 valence electrons. The summed E-state index contributed by atoms with van der Waals surface area (Å²) in [7, 11) is -9.02. The molecule has 0 spiro atoms. The van der Waals surface area contributed by atoms with Gasteiger partial charge in [0.1, 0.15) is 17.3 Å². The average molecular weight is 635 g/mol. The molecule has 2 N–H and O–H groups in total. The molecule has 0 fully saturated rings. The van der Waals surface area contributed by atoms with Crippen LogP contribution < -0.4 is 0 Å². The van der Waals surface area contributed by atoms with Crippen LogP contribution in [0.1, 0.15) is 59.8 Å². The summed E-state index contributed by atoms with van der Waals surface area (Å²) in [5.41, 5.74) is 1.63. The van der Waals surface area contributed by atoms with E-state index in [1.807, 2.05) is 0 Å². The highest BCUT2D eigenvalue weighted by Crippen LogP contribution is 2.44. The molecular formula is C33H30O9S2. The van der Waals surface area contributed by atoms with Crippen molar-refractivity contribution in [2.24, 2.45) is 0 Å². The first-order valence-corrected chi connectivity index (χ1v) is 16.4. The second-order valence-electron chi connectivity index (χ2n) is 10.4. The first-order valence-electron chi connectivity index (χ1n) is 13.5. The number of Topliss-reactive ketones (excluding diaryl/α,β-unsaturated/α-hetero) is 3. The zero-order valence-corrected chi connectivity index (χ0v) is 25.4. The number of carbonyl (C=O) groups is 3. The molecule has 4 rings (SSSR count). The van der Waals surface area contributed by atoms with Crippen molar-refractivity contribution in [3.8, 4) is 0 Å². The van der Waals surface area contributed by atoms with Crippen LogP contribution in [0.3, 0.4) is 0 Å². The van der Waals surface area contributed by atoms with Crippen LogP contribution in [0.25, 0.3) is 0 Å². The first kappa shape index (κ1) is 32.6. The van der Waals surface area contributed by atoms with Crippen molar-refractivity contribution in [1.29, 1.82) is 0 Å². The summed E-state index contributed by atoms with van der Waals surface area (Å²) < 4.78 is 65.6. The predicted octanol–water partition coefficient (Wildman–Crippen LogP) is 5.36. The van der Waals surface area contributed by atoms with E-state index in [1.54, 1.807) is 60.7 Å². The van der Waals surface area contributed by atoms with Crippen molar-refractivity contribution >= 4 is 37.6 Å². The Labute approximate surface area is 256 Å². The highest BCUT2D eigenvalue weighted by atomic mass is 32.2. The van der Waals surface area contributed by atoms with E-state index in [9.17, 15) is 40.3 Å². The van der Waals surface area contributed by atoms with Crippen molar-refractivity contribution in [1.82, 2.24) is 0 Å². The minimum Gasteiger partial charge on any atom is -0.299 e. The standard InChI is InChI=1S/C33H30O9S2/c1-21(34)29(25-13-17-27(18-14-25)43(37,38)39)31(23-9-5-3-6-10-23)33(36)32(24-11-7-4-8-12-24)30(22(2)35)26-15-19-28(20-16-26)44(40,41)42/h3-20,29-32H,1-2H3,(H,37,38,39)(H,40,41,42). The molecule has 0 bridgehead atoms. The monoisotopic (exact) mass is 634 g/mol. The molecule has 4 aromatic rings. The maximum absolute atomic E-state index is 15.0. The van der Waals surface area contributed by atoms with Gasteiger partial charge in [-0.05, 0) is 60.4 Å². The fourth-order valence-electron chi connectivity index (χ4n) is 5.57. The number of benzene rings is 4. The van der Waals surface area contributed by atoms with E-state index in [0.29, 0.717) is 22.3 Å². The van der Waals surface area contributed by atoms with Gasteiger partial charge in [0.05, 0.1) is 33.5 Å². The Kier molecular flexibility index (Phi) is 9.75. The van der Waals surface area contributed by atoms with Gasteiger partial charge in [-0.25, -0.2) is 0 Å². The lowest BCUT2D eigenvalue weighted by atomic mass is 9.68. The van der Waals surface area contributed by atoms with Crippen LogP contribution in [-0.2, 0) is 34.6 Å². The zero-order valence-electron chi connectivity index (χ0n) is 23.8. The maximum atomic E-state index is 15.0. The summed E-state index contributed by atoms with van der Waals surface area (Å²) in [4.78, 5) is 40.9. The molecule has 44 heavy (non-hydrogen) atoms. The fourth-order valence-corrected chi connectivity index (χ4v) is 6.53. The van der Waals surface area contributed by atoms with Crippen LogP contribution in [0.5, 0.6) is 0 Å². The van der Waals surface area contributed by atoms with E-state index < -0.39 is 61.3 Å². The van der Waals surface area contributed by atoms with Crippen molar-refractivity contribution in [3.05, 3.63) is 131 Å². The van der Waals surface area contributed by atoms with E-state index in [4.69, 9.17) is 0 Å². The van der Waals surface area contributed by atoms with Gasteiger partial charge < -0.3 is 0 Å². The summed E-state index contributed by atoms with van der Waals surface area (Å²) >= 11 is 0. The van der Waals surface area contributed by atoms with E-state index in [2.05, 4.69) is 0 Å². The molecule has 0 heterocycles. The van der Waals surface area contributed by atoms with Crippen molar-refractivity contribution in [2.45, 2.75) is 47.3 Å². The molecule has 0 amide bonds. The molecule has 11 heteroatoms. The molecule has 0 aromatic heterocycles. The summed E-state index contributed by atoms with van der Waals surface area (Å²) in [6, 6.07) is 27.2. The third-order valence-electron chi connectivity index (χ3n) is 7.55. The Hall–Kier alpha value is -4.29. The van der Waals surface area contributed by atoms with Crippen LogP contribution in [0.15, 0.2) is 119 Å². The Bertz CT molecular complexity index is 1730. The van der Waals surface area contributed by atoms with Crippen LogP contribution in [0.4, 0.5) is 0 Å². The molecule has 9 nitrogen and oxygen atoms in total. The summed E-state index contributed by atoms with van der Waals surface area (Å²) in [5.74, 6) is -5.71. The molecule has 0 aliphatic carbocycles. The van der Waals surface area contributed by atoms with E-state index in [-0.39, 0.29) is 9.79 Å². The Balaban J connectivity index is 1.94. The van der Waals surface area contributed by atoms with Crippen LogP contribution in [-0.4, -0.2) is 43.3 Å². The maximum Gasteiger partial charge on any atom is 0.294 e. The van der Waals surface area contributed by atoms with E-state index >= 15 is 0 Å². The van der Waals surface area contributed by atoms with Gasteiger partial charge in [-0.15, -0.1) is 0 Å². The molecular weight excluding hydrogens is 604 g/mol. The van der Waals surface area contributed by atoms with Gasteiger partial charge in [-0.1, -0.05) is 84.9 Å². The second kappa shape index (κ2) is 13.1. The third kappa shape index (κ3) is 7.25. The van der Waals surface area contributed by atoms with Gasteiger partial charge in [0.25, 0.3) is 20.2 Å². The lowest BCUT2D eigenvalue weighted by molar-refractivity contribution is -0.129. The number of carbonyl (C=O) groups excluding carboxylic acids is 3. The Morgan fingerprint density at radius 2 is 0.727 bits per heavy atom. The minimum atomic E-state index is -4.51. The van der Waals surface area contributed by atoms with Gasteiger partial charge >= 0.3 is 0 Å². The van der Waals surface area contributed by atoms with Gasteiger partial charge in [-0.2, -0.15) is 16.8 Å². The smallest absolute Gasteiger partial charge is 0.294 e. The van der Waals surface area contributed by atoms with Crippen LogP contribution >= 0.6 is 0 Å². The van der Waals surface area contributed by atoms with Gasteiger partial charge in [-0.3, -0.25) is 23.5 Å². The van der Waals surface area contributed by atoms with E-state index in [1.165, 1.54) is 38.1 Å². The number of ketones is 3. The SMILES string of the molecule is CC(=O)C(c1ccc(S(=O)(=O)O)cc1)C(C(=O)C(c1ccccc1)C(C(C)=O)c1ccc(S(=O)(=O)O)cc1)c1ccccc1. The minimum absolute atomic E-state index is 0.329. The summed E-state index contributed by atoms with van der Waals surface area (Å²) in [6.45, 7) is 2.64. The molecule has 0 aliphatic rings. The molecule has 0 radical (unpaired) electrons. The van der Waals surface area contributed by atoms with E-state index in [0.717, 1.165) is 24.3 Å². The normalized spacial score (nSPS) is 14.6. The summed E-state index contributed by atoms with van der Waals surface area (Å²) in [6.07, 6.45) is 0. The average Bonchev–Trinajstić information content (AvgIpc) is 2.98. The number of hydrogen-bond donors (Lipinski definition) is 2. The first-order chi connectivity index (χ1) is 20.7. The molecule has 4 atom stereocenters. The quantitative estimate of drug-likeness (QED) is 0.196. The highest BCUT2D eigenvalue weighted by molar-refractivity contribution is 7.86. The third-order valence-corrected chi connectivity index (χ3v) is 9.28. The summed E-state index contributed by atoms with van der Waals surface area (Å²) in [5, 5.41) is 0. The Morgan fingerprint density at radius 3 is 0.977 bits per heavy atom.